The lowest BCUT2D eigenvalue weighted by molar-refractivity contribution is 0.616. The fourth-order valence-corrected chi connectivity index (χ4v) is 3.94. The van der Waals surface area contributed by atoms with Gasteiger partial charge >= 0.3 is 0 Å². The normalized spacial score (nSPS) is 23.2. The van der Waals surface area contributed by atoms with E-state index in [1.54, 1.807) is 0 Å². The van der Waals surface area contributed by atoms with E-state index in [2.05, 4.69) is 0 Å². The van der Waals surface area contributed by atoms with Gasteiger partial charge in [0.25, 0.3) is 0 Å². The molecule has 0 fully saturated rings. The Labute approximate surface area is 159 Å². The third kappa shape index (κ3) is 7.62. The van der Waals surface area contributed by atoms with Gasteiger partial charge in [-0.15, -0.1) is 104 Å². The lowest BCUT2D eigenvalue weighted by atomic mass is 10.1. The van der Waals surface area contributed by atoms with Gasteiger partial charge in [0.15, 0.2) is 0 Å². The molecule has 0 aliphatic carbocycles. The second-order valence-corrected chi connectivity index (χ2v) is 8.31. The Morgan fingerprint density at radius 2 is 0.789 bits per heavy atom. The van der Waals surface area contributed by atoms with Gasteiger partial charge in [0.1, 0.15) is 0 Å². The zero-order valence-corrected chi connectivity index (χ0v) is 16.4. The zero-order valence-electron chi connectivity index (χ0n) is 9.56. The van der Waals surface area contributed by atoms with Crippen molar-refractivity contribution < 1.29 is 0 Å². The average molecular weight is 452 g/mol. The summed E-state index contributed by atoms with van der Waals surface area (Å²) in [5, 5.41) is -3.56. The smallest absolute Gasteiger partial charge is 0.0689 e. The van der Waals surface area contributed by atoms with Crippen LogP contribution in [-0.4, -0.2) is 49.4 Å². The minimum Gasteiger partial charge on any atom is -0.125 e. The summed E-state index contributed by atoms with van der Waals surface area (Å²) in [6.07, 6.45) is 0.334. The molecule has 0 amide bonds. The summed E-state index contributed by atoms with van der Waals surface area (Å²) in [6.45, 7) is 0. The number of rotatable bonds is 9. The fourth-order valence-electron chi connectivity index (χ4n) is 1.27. The summed E-state index contributed by atoms with van der Waals surface area (Å²) in [7, 11) is 0. The Balaban J connectivity index is 4.39. The van der Waals surface area contributed by atoms with Crippen molar-refractivity contribution in [3.63, 3.8) is 0 Å². The molecule has 0 bridgehead atoms. The molecule has 0 saturated carbocycles. The number of alkyl halides is 9. The van der Waals surface area contributed by atoms with Crippen LogP contribution in [0.25, 0.3) is 0 Å². The second-order valence-electron chi connectivity index (χ2n) is 3.94. The van der Waals surface area contributed by atoms with Gasteiger partial charge in [0, 0.05) is 11.8 Å². The largest absolute Gasteiger partial charge is 0.125 e. The van der Waals surface area contributed by atoms with E-state index in [0.717, 1.165) is 0 Å². The van der Waals surface area contributed by atoms with E-state index in [1.165, 1.54) is 0 Å². The van der Waals surface area contributed by atoms with Gasteiger partial charge in [0.05, 0.1) is 37.6 Å². The van der Waals surface area contributed by atoms with E-state index in [0.29, 0.717) is 6.42 Å². The van der Waals surface area contributed by atoms with Crippen molar-refractivity contribution in [1.29, 1.82) is 0 Å². The van der Waals surface area contributed by atoms with Crippen LogP contribution in [-0.2, 0) is 0 Å². The summed E-state index contributed by atoms with van der Waals surface area (Å²) in [5.74, 6) is 0.380. The molecule has 0 nitrogen and oxygen atoms in total. The third-order valence-electron chi connectivity index (χ3n) is 2.43. The van der Waals surface area contributed by atoms with Gasteiger partial charge in [-0.1, -0.05) is 0 Å². The van der Waals surface area contributed by atoms with Crippen LogP contribution in [0.4, 0.5) is 0 Å². The van der Waals surface area contributed by atoms with Gasteiger partial charge in [-0.2, -0.15) is 0 Å². The molecule has 0 aromatic carbocycles. The molecule has 7 atom stereocenters. The highest BCUT2D eigenvalue weighted by molar-refractivity contribution is 6.40. The first-order valence-electron chi connectivity index (χ1n) is 5.36. The quantitative estimate of drug-likeness (QED) is 0.371. The van der Waals surface area contributed by atoms with Gasteiger partial charge in [-0.3, -0.25) is 0 Å². The molecule has 116 valence electrons. The van der Waals surface area contributed by atoms with Crippen molar-refractivity contribution in [1.82, 2.24) is 0 Å². The molecule has 0 rings (SSSR count). The van der Waals surface area contributed by atoms with Crippen LogP contribution in [0.2, 0.25) is 0 Å². The lowest BCUT2D eigenvalue weighted by Gasteiger charge is -2.27. The van der Waals surface area contributed by atoms with Crippen molar-refractivity contribution in [2.75, 3.05) is 11.8 Å². The Kier molecular flexibility index (Phi) is 12.7. The predicted molar refractivity (Wildman–Crippen MR) is 93.5 cm³/mol. The van der Waals surface area contributed by atoms with E-state index >= 15 is 0 Å². The molecule has 0 aromatic heterocycles. The van der Waals surface area contributed by atoms with Gasteiger partial charge in [-0.05, 0) is 6.42 Å². The molecule has 9 heteroatoms. The van der Waals surface area contributed by atoms with Crippen LogP contribution >= 0.6 is 104 Å². The summed E-state index contributed by atoms with van der Waals surface area (Å²) < 4.78 is 0. The Bertz CT molecular complexity index is 239. The topological polar surface area (TPSA) is 0 Å². The van der Waals surface area contributed by atoms with Crippen LogP contribution in [0, 0.1) is 0 Å². The first kappa shape index (κ1) is 21.6. The molecule has 0 radical (unpaired) electrons. The minimum atomic E-state index is -0.584. The van der Waals surface area contributed by atoms with Crippen LogP contribution in [0.5, 0.6) is 0 Å². The third-order valence-corrected chi connectivity index (χ3v) is 7.57. The lowest BCUT2D eigenvalue weighted by Crippen LogP contribution is -2.37. The van der Waals surface area contributed by atoms with Gasteiger partial charge in [0.2, 0.25) is 0 Å². The molecule has 0 N–H and O–H groups in total. The second kappa shape index (κ2) is 11.2. The van der Waals surface area contributed by atoms with Crippen LogP contribution in [0.15, 0.2) is 0 Å². The van der Waals surface area contributed by atoms with Gasteiger partial charge in [-0.25, -0.2) is 0 Å². The predicted octanol–water partition coefficient (Wildman–Crippen LogP) is 6.11. The summed E-state index contributed by atoms with van der Waals surface area (Å²) in [6, 6.07) is 0. The Morgan fingerprint density at radius 1 is 0.474 bits per heavy atom. The molecule has 7 unspecified atom stereocenters. The molecule has 0 saturated heterocycles. The highest BCUT2D eigenvalue weighted by atomic mass is 35.5. The Hall–Kier alpha value is 2.61. The number of halogens is 9. The van der Waals surface area contributed by atoms with Crippen molar-refractivity contribution in [3.05, 3.63) is 0 Å². The summed E-state index contributed by atoms with van der Waals surface area (Å²) >= 11 is 53.7. The van der Waals surface area contributed by atoms with E-state index < -0.39 is 37.6 Å². The van der Waals surface area contributed by atoms with Crippen molar-refractivity contribution in [2.24, 2.45) is 0 Å². The van der Waals surface area contributed by atoms with Crippen LogP contribution < -0.4 is 0 Å². The van der Waals surface area contributed by atoms with Crippen molar-refractivity contribution in [3.8, 4) is 0 Å². The van der Waals surface area contributed by atoms with Crippen LogP contribution in [0.1, 0.15) is 6.42 Å². The van der Waals surface area contributed by atoms with E-state index in [1.807, 2.05) is 0 Å². The average Bonchev–Trinajstić information content (AvgIpc) is 2.42. The number of hydrogen-bond donors (Lipinski definition) is 0. The highest BCUT2D eigenvalue weighted by Gasteiger charge is 2.34. The van der Waals surface area contributed by atoms with Gasteiger partial charge < -0.3 is 0 Å². The van der Waals surface area contributed by atoms with E-state index in [4.69, 9.17) is 104 Å². The molecule has 0 heterocycles. The minimum absolute atomic E-state index is 0.182. The maximum absolute atomic E-state index is 6.18. The highest BCUT2D eigenvalue weighted by Crippen LogP contribution is 2.31. The van der Waals surface area contributed by atoms with E-state index in [-0.39, 0.29) is 11.8 Å². The van der Waals surface area contributed by atoms with Crippen LogP contribution in [0.3, 0.4) is 0 Å². The molecule has 19 heavy (non-hydrogen) atoms. The monoisotopic (exact) mass is 448 g/mol. The molecule has 0 aromatic rings. The maximum Gasteiger partial charge on any atom is 0.0689 e. The molecule has 0 aliphatic heterocycles. The summed E-state index contributed by atoms with van der Waals surface area (Å²) in [4.78, 5) is 0. The maximum atomic E-state index is 6.18. The molecular formula is C10H13Cl9. The Morgan fingerprint density at radius 3 is 1.21 bits per heavy atom. The number of hydrogen-bond acceptors (Lipinski definition) is 0. The fraction of sp³-hybridized carbons (Fsp3) is 1.00. The summed E-state index contributed by atoms with van der Waals surface area (Å²) in [5.41, 5.74) is 0. The SMILES string of the molecule is ClCC(Cl)C(Cl)C(Cl)CC(Cl)C(Cl)C(Cl)C(Cl)CCl. The molecule has 0 spiro atoms. The first-order chi connectivity index (χ1) is 8.76. The first-order valence-corrected chi connectivity index (χ1v) is 9.49. The standard InChI is InChI=1S/C10H13Cl9/c11-2-6(15)8(17)4(13)1-5(14)9(18)10(19)7(16)3-12/h4-10H,1-3H2. The van der Waals surface area contributed by atoms with Crippen molar-refractivity contribution in [2.45, 2.75) is 44.1 Å². The zero-order chi connectivity index (χ0) is 15.2. The van der Waals surface area contributed by atoms with E-state index in [9.17, 15) is 0 Å². The molecule has 0 aliphatic rings. The van der Waals surface area contributed by atoms with Crippen molar-refractivity contribution >= 4 is 104 Å². The molecular weight excluding hydrogens is 439 g/mol.